The van der Waals surface area contributed by atoms with Crippen LogP contribution in [0.3, 0.4) is 0 Å². The first-order valence-corrected chi connectivity index (χ1v) is 25.0. The molecule has 1 unspecified atom stereocenters. The number of aromatic nitrogens is 4. The number of ether oxygens (including phenoxy) is 6. The number of amides is 1. The van der Waals surface area contributed by atoms with Crippen molar-refractivity contribution in [1.29, 1.82) is 0 Å². The van der Waals surface area contributed by atoms with E-state index in [1.165, 1.54) is 29.8 Å². The van der Waals surface area contributed by atoms with Crippen molar-refractivity contribution in [3.63, 3.8) is 0 Å². The number of thiophene rings is 1. The van der Waals surface area contributed by atoms with Crippen LogP contribution in [0.2, 0.25) is 5.02 Å². The van der Waals surface area contributed by atoms with Crippen LogP contribution in [0.1, 0.15) is 60.4 Å². The van der Waals surface area contributed by atoms with Crippen LogP contribution in [0.4, 0.5) is 9.18 Å². The smallest absolute Gasteiger partial charge is 0.410 e. The van der Waals surface area contributed by atoms with E-state index in [-0.39, 0.29) is 37.1 Å². The number of hydrogen-bond donors (Lipinski definition) is 0. The lowest BCUT2D eigenvalue weighted by Gasteiger charge is -2.31. The van der Waals surface area contributed by atoms with Gasteiger partial charge in [-0.3, -0.25) is 9.69 Å². The molecule has 0 spiro atoms. The first-order chi connectivity index (χ1) is 35.2. The molecular weight excluding hydrogens is 975 g/mol. The van der Waals surface area contributed by atoms with Crippen molar-refractivity contribution < 1.29 is 47.2 Å². The highest BCUT2D eigenvalue weighted by Gasteiger charge is 2.30. The van der Waals surface area contributed by atoms with Crippen LogP contribution < -0.4 is 14.2 Å². The number of carbonyl (C=O) groups is 3. The maximum atomic E-state index is 14.3. The summed E-state index contributed by atoms with van der Waals surface area (Å²) in [5, 5.41) is 0.726. The minimum absolute atomic E-state index is 0.0211. The van der Waals surface area contributed by atoms with E-state index in [2.05, 4.69) is 19.9 Å². The molecule has 3 aromatic heterocycles. The molecule has 1 atom stereocenters. The second-order valence-electron chi connectivity index (χ2n) is 18.2. The molecule has 1 aliphatic rings. The van der Waals surface area contributed by atoms with Crippen LogP contribution in [0.5, 0.6) is 17.4 Å². The molecule has 8 rings (SSSR count). The van der Waals surface area contributed by atoms with E-state index < -0.39 is 29.6 Å². The second kappa shape index (κ2) is 23.7. The minimum atomic E-state index is -1.31. The van der Waals surface area contributed by atoms with Crippen molar-refractivity contribution in [2.75, 3.05) is 53.1 Å². The van der Waals surface area contributed by atoms with Crippen molar-refractivity contribution in [3.05, 3.63) is 136 Å². The van der Waals surface area contributed by atoms with Gasteiger partial charge in [0.1, 0.15) is 40.7 Å². The normalized spacial score (nSPS) is 13.3. The predicted octanol–water partition coefficient (Wildman–Crippen LogP) is 10.6. The van der Waals surface area contributed by atoms with Gasteiger partial charge in [-0.15, -0.1) is 11.3 Å². The third kappa shape index (κ3) is 12.8. The molecule has 0 N–H and O–H groups in total. The minimum Gasteiger partial charge on any atom is -0.496 e. The molecule has 0 aliphatic carbocycles. The molecule has 4 aromatic carbocycles. The van der Waals surface area contributed by atoms with Crippen LogP contribution in [0, 0.1) is 12.7 Å². The van der Waals surface area contributed by atoms with E-state index in [1.54, 1.807) is 68.5 Å². The number of benzene rings is 4. The summed E-state index contributed by atoms with van der Waals surface area (Å²) in [5.74, 6) is 0.474. The zero-order chi connectivity index (χ0) is 51.6. The number of fused-ring (bicyclic) bond motifs is 1. The summed E-state index contributed by atoms with van der Waals surface area (Å²) in [6.07, 6.45) is 1.84. The number of nitrogens with zero attached hydrogens (tertiary/aromatic N) is 6. The maximum absolute atomic E-state index is 14.3. The van der Waals surface area contributed by atoms with E-state index in [4.69, 9.17) is 45.0 Å². The monoisotopic (exact) mass is 1030 g/mol. The largest absolute Gasteiger partial charge is 0.496 e. The summed E-state index contributed by atoms with van der Waals surface area (Å²) < 4.78 is 50.4. The third-order valence-corrected chi connectivity index (χ3v) is 13.6. The van der Waals surface area contributed by atoms with Gasteiger partial charge in [0, 0.05) is 61.3 Å². The molecule has 18 heteroatoms. The molecule has 1 fully saturated rings. The first-order valence-electron chi connectivity index (χ1n) is 23.8. The Labute approximate surface area is 432 Å². The van der Waals surface area contributed by atoms with Crippen molar-refractivity contribution in [3.8, 4) is 50.3 Å². The number of methoxy groups -OCH3 is 1. The molecular formula is C55H56ClFN6O9S. The maximum Gasteiger partial charge on any atom is 0.410 e. The summed E-state index contributed by atoms with van der Waals surface area (Å²) in [7, 11) is 1.59. The van der Waals surface area contributed by atoms with E-state index in [9.17, 15) is 18.8 Å². The Hall–Kier alpha value is -7.05. The molecule has 1 amide bonds. The zero-order valence-electron chi connectivity index (χ0n) is 41.5. The highest BCUT2D eigenvalue weighted by atomic mass is 35.5. The fourth-order valence-electron chi connectivity index (χ4n) is 8.36. The molecule has 73 heavy (non-hydrogen) atoms. The number of halogens is 2. The first kappa shape index (κ1) is 52.3. The van der Waals surface area contributed by atoms with E-state index in [1.807, 2.05) is 57.2 Å². The van der Waals surface area contributed by atoms with E-state index >= 15 is 0 Å². The fraction of sp³-hybridized carbons (Fsp3) is 0.327. The average Bonchev–Trinajstić information content (AvgIpc) is 3.78. The van der Waals surface area contributed by atoms with Crippen LogP contribution >= 0.6 is 22.9 Å². The Bertz CT molecular complexity index is 3090. The molecule has 15 nitrogen and oxygen atoms in total. The van der Waals surface area contributed by atoms with Crippen molar-refractivity contribution in [1.82, 2.24) is 29.7 Å². The van der Waals surface area contributed by atoms with Gasteiger partial charge in [0.25, 0.3) is 0 Å². The van der Waals surface area contributed by atoms with Crippen LogP contribution in [0.15, 0.2) is 97.5 Å². The van der Waals surface area contributed by atoms with Gasteiger partial charge >= 0.3 is 12.1 Å². The lowest BCUT2D eigenvalue weighted by molar-refractivity contribution is -0.151. The highest BCUT2D eigenvalue weighted by Crippen LogP contribution is 2.49. The number of esters is 1. The summed E-state index contributed by atoms with van der Waals surface area (Å²) >= 11 is 8.12. The van der Waals surface area contributed by atoms with E-state index in [0.717, 1.165) is 18.7 Å². The van der Waals surface area contributed by atoms with Gasteiger partial charge < -0.3 is 33.3 Å². The van der Waals surface area contributed by atoms with Gasteiger partial charge in [0.05, 0.1) is 48.6 Å². The van der Waals surface area contributed by atoms with Gasteiger partial charge in [0.2, 0.25) is 12.0 Å². The van der Waals surface area contributed by atoms with Crippen LogP contribution in [0.25, 0.3) is 43.2 Å². The quantitative estimate of drug-likeness (QED) is 0.0555. The zero-order valence-corrected chi connectivity index (χ0v) is 43.1. The molecule has 1 saturated heterocycles. The van der Waals surface area contributed by atoms with E-state index in [0.29, 0.717) is 110 Å². The van der Waals surface area contributed by atoms with Gasteiger partial charge in [-0.1, -0.05) is 54.1 Å². The fourth-order valence-corrected chi connectivity index (χ4v) is 9.72. The highest BCUT2D eigenvalue weighted by molar-refractivity contribution is 7.22. The van der Waals surface area contributed by atoms with Gasteiger partial charge in [0.15, 0.2) is 12.1 Å². The SMILES string of the molecule is CCOC(=O)C(Cc1cc(CN(CCN2CCOCC2)C(=O)OC(C)(C)C)ccc1OCc1ccnc(-c2ccccc2OC)n1)Oc1ncnc2sc(-c3ccc(F)cc3)c(-c3ccc(C=O)c(Cl)c3C)c12. The summed E-state index contributed by atoms with van der Waals surface area (Å²) in [4.78, 5) is 63.8. The molecule has 380 valence electrons. The summed E-state index contributed by atoms with van der Waals surface area (Å²) in [6, 6.07) is 24.3. The number of hydrogen-bond acceptors (Lipinski definition) is 15. The number of aldehydes is 1. The van der Waals surface area contributed by atoms with Gasteiger partial charge in [-0.25, -0.2) is 33.9 Å². The van der Waals surface area contributed by atoms with Crippen molar-refractivity contribution >= 4 is 51.5 Å². The molecule has 0 saturated carbocycles. The van der Waals surface area contributed by atoms with Crippen molar-refractivity contribution in [2.24, 2.45) is 0 Å². The molecule has 4 heterocycles. The van der Waals surface area contributed by atoms with Gasteiger partial charge in [-0.2, -0.15) is 0 Å². The Morgan fingerprint density at radius 2 is 1.75 bits per heavy atom. The Balaban J connectivity index is 1.20. The molecule has 0 radical (unpaired) electrons. The Morgan fingerprint density at radius 3 is 2.49 bits per heavy atom. The van der Waals surface area contributed by atoms with Gasteiger partial charge in [-0.05, 0) is 105 Å². The molecule has 7 aromatic rings. The topological polar surface area (TPSA) is 165 Å². The number of morpholine rings is 1. The van der Waals surface area contributed by atoms with Crippen LogP contribution in [-0.2, 0) is 38.6 Å². The van der Waals surface area contributed by atoms with Crippen LogP contribution in [-0.4, -0.2) is 113 Å². The lowest BCUT2D eigenvalue weighted by atomic mass is 9.95. The number of rotatable bonds is 19. The Morgan fingerprint density at radius 1 is 0.973 bits per heavy atom. The second-order valence-corrected chi connectivity index (χ2v) is 19.5. The Kier molecular flexibility index (Phi) is 16.9. The number of para-hydroxylation sites is 1. The standard InChI is InChI=1S/C55H56ClFN6O9S/c1-7-69-53(65)45(71-51-47-46(41-18-15-37(31-64)48(56)34(41)2)49(73-52(47)60-33-59-51)36-13-16-39(57)17-14-36)29-38-28-35(30-63(54(66)72-55(3,4)5)23-22-62-24-26-68-27-25-62)12-19-43(38)70-32-40-20-21-58-50(61-40)42-10-8-9-11-44(42)67-6/h8-21,28,31,33,45H,7,22-27,29-30,32H2,1-6H3. The molecule has 0 bridgehead atoms. The summed E-state index contributed by atoms with van der Waals surface area (Å²) in [5.41, 5.74) is 4.70. The average molecular weight is 1030 g/mol. The number of carbonyl (C=O) groups excluding carboxylic acids is 3. The van der Waals surface area contributed by atoms with Crippen molar-refractivity contribution in [2.45, 2.75) is 65.9 Å². The molecule has 1 aliphatic heterocycles. The lowest BCUT2D eigenvalue weighted by Crippen LogP contribution is -2.44. The predicted molar refractivity (Wildman–Crippen MR) is 277 cm³/mol. The summed E-state index contributed by atoms with van der Waals surface area (Å²) in [6.45, 7) is 13.0. The third-order valence-electron chi connectivity index (χ3n) is 12.0.